The van der Waals surface area contributed by atoms with E-state index in [0.29, 0.717) is 19.8 Å². The van der Waals surface area contributed by atoms with Crippen molar-refractivity contribution in [3.63, 3.8) is 0 Å². The van der Waals surface area contributed by atoms with Crippen LogP contribution in [-0.4, -0.2) is 45.4 Å². The van der Waals surface area contributed by atoms with Crippen molar-refractivity contribution >= 4 is 11.9 Å². The molecule has 0 N–H and O–H groups in total. The topological polar surface area (TPSA) is 40.0 Å². The van der Waals surface area contributed by atoms with Crippen molar-refractivity contribution in [3.05, 3.63) is 65.7 Å². The van der Waals surface area contributed by atoms with Crippen LogP contribution in [-0.2, 0) is 20.6 Å². The molecule has 2 aromatic rings. The molecule has 0 fully saturated rings. The second kappa shape index (κ2) is 11.6. The lowest BCUT2D eigenvalue weighted by atomic mass is 10.1. The van der Waals surface area contributed by atoms with E-state index in [1.807, 2.05) is 62.5 Å². The Morgan fingerprint density at radius 3 is 2.27 bits per heavy atom. The molecule has 2 unspecified atom stereocenters. The highest BCUT2D eigenvalue weighted by atomic mass is 16.6. The normalized spacial score (nSPS) is 13.8. The van der Waals surface area contributed by atoms with Crippen molar-refractivity contribution in [1.29, 1.82) is 0 Å². The number of rotatable bonds is 11. The van der Waals surface area contributed by atoms with Crippen LogP contribution in [0.25, 0.3) is 0 Å². The van der Waals surface area contributed by atoms with Crippen LogP contribution in [0.2, 0.25) is 0 Å². The smallest absolute Gasteiger partial charge is 0.0781 e. The Hall–Kier alpha value is -2.01. The Labute approximate surface area is 156 Å². The molecular formula is C22H29NO3. The van der Waals surface area contributed by atoms with Crippen LogP contribution in [0, 0.1) is 0 Å². The molecule has 4 nitrogen and oxygen atoms in total. The summed E-state index contributed by atoms with van der Waals surface area (Å²) in [5, 5.41) is 0. The lowest BCUT2D eigenvalue weighted by Gasteiger charge is -2.17. The first-order valence-corrected chi connectivity index (χ1v) is 9.07. The third kappa shape index (κ3) is 7.91. The van der Waals surface area contributed by atoms with E-state index in [1.165, 1.54) is 5.56 Å². The van der Waals surface area contributed by atoms with Crippen molar-refractivity contribution in [3.8, 4) is 0 Å². The van der Waals surface area contributed by atoms with E-state index in [9.17, 15) is 0 Å². The number of ether oxygens (including phenoxy) is 3. The van der Waals surface area contributed by atoms with Crippen molar-refractivity contribution in [2.45, 2.75) is 32.5 Å². The molecule has 0 spiro atoms. The highest BCUT2D eigenvalue weighted by molar-refractivity contribution is 5.81. The van der Waals surface area contributed by atoms with Gasteiger partial charge in [0.25, 0.3) is 0 Å². The summed E-state index contributed by atoms with van der Waals surface area (Å²) >= 11 is 0. The maximum absolute atomic E-state index is 5.81. The lowest BCUT2D eigenvalue weighted by molar-refractivity contribution is -0.0503. The van der Waals surface area contributed by atoms with Crippen molar-refractivity contribution in [2.24, 2.45) is 4.99 Å². The second-order valence-corrected chi connectivity index (χ2v) is 6.37. The first kappa shape index (κ1) is 20.3. The maximum atomic E-state index is 5.81. The Balaban J connectivity index is 1.69. The molecule has 26 heavy (non-hydrogen) atoms. The molecule has 0 aromatic heterocycles. The van der Waals surface area contributed by atoms with Gasteiger partial charge in [0.1, 0.15) is 0 Å². The molecule has 0 aliphatic rings. The van der Waals surface area contributed by atoms with Gasteiger partial charge >= 0.3 is 0 Å². The van der Waals surface area contributed by atoms with E-state index in [0.717, 1.165) is 17.7 Å². The number of hydrogen-bond donors (Lipinski definition) is 0. The fourth-order valence-electron chi connectivity index (χ4n) is 2.45. The number of benzene rings is 2. The first-order valence-electron chi connectivity index (χ1n) is 9.07. The summed E-state index contributed by atoms with van der Waals surface area (Å²) in [6.45, 7) is 5.89. The fraction of sp³-hybridized carbons (Fsp3) is 0.409. The summed E-state index contributed by atoms with van der Waals surface area (Å²) in [7, 11) is 1.68. The monoisotopic (exact) mass is 355 g/mol. The zero-order chi connectivity index (χ0) is 18.6. The molecule has 0 heterocycles. The van der Waals surface area contributed by atoms with E-state index >= 15 is 0 Å². The SMILES string of the molecule is COCC(C)OCC(C)OCCc1ccc(N=Cc2ccccc2)cc1. The molecule has 0 radical (unpaired) electrons. The summed E-state index contributed by atoms with van der Waals surface area (Å²) in [6, 6.07) is 18.4. The van der Waals surface area contributed by atoms with Gasteiger partial charge in [-0.3, -0.25) is 4.99 Å². The van der Waals surface area contributed by atoms with Gasteiger partial charge in [0.15, 0.2) is 0 Å². The minimum atomic E-state index is 0.0732. The van der Waals surface area contributed by atoms with Crippen LogP contribution in [0.3, 0.4) is 0 Å². The van der Waals surface area contributed by atoms with Crippen LogP contribution in [0.5, 0.6) is 0 Å². The van der Waals surface area contributed by atoms with Crippen molar-refractivity contribution in [1.82, 2.24) is 0 Å². The maximum Gasteiger partial charge on any atom is 0.0781 e. The summed E-state index contributed by atoms with van der Waals surface area (Å²) in [4.78, 5) is 4.50. The molecule has 0 amide bonds. The lowest BCUT2D eigenvalue weighted by Crippen LogP contribution is -2.23. The molecule has 0 bridgehead atoms. The third-order valence-electron chi connectivity index (χ3n) is 3.91. The average molecular weight is 355 g/mol. The van der Waals surface area contributed by atoms with Crippen molar-refractivity contribution < 1.29 is 14.2 Å². The highest BCUT2D eigenvalue weighted by Gasteiger charge is 2.07. The van der Waals surface area contributed by atoms with Gasteiger partial charge in [0.05, 0.1) is 37.7 Å². The largest absolute Gasteiger partial charge is 0.382 e. The fourth-order valence-corrected chi connectivity index (χ4v) is 2.45. The van der Waals surface area contributed by atoms with Gasteiger partial charge < -0.3 is 14.2 Å². The van der Waals surface area contributed by atoms with Gasteiger partial charge in [-0.25, -0.2) is 0 Å². The Morgan fingerprint density at radius 1 is 0.885 bits per heavy atom. The summed E-state index contributed by atoms with van der Waals surface area (Å²) in [6.07, 6.45) is 2.92. The summed E-state index contributed by atoms with van der Waals surface area (Å²) in [5.74, 6) is 0. The molecule has 0 saturated carbocycles. The van der Waals surface area contributed by atoms with E-state index < -0.39 is 0 Å². The molecule has 2 rings (SSSR count). The molecule has 140 valence electrons. The van der Waals surface area contributed by atoms with Crippen LogP contribution in [0.15, 0.2) is 59.6 Å². The molecular weight excluding hydrogens is 326 g/mol. The van der Waals surface area contributed by atoms with Crippen molar-refractivity contribution in [2.75, 3.05) is 26.9 Å². The Bertz CT molecular complexity index is 640. The van der Waals surface area contributed by atoms with Crippen LogP contribution < -0.4 is 0 Å². The quantitative estimate of drug-likeness (QED) is 0.560. The van der Waals surface area contributed by atoms with E-state index in [2.05, 4.69) is 17.1 Å². The number of hydrogen-bond acceptors (Lipinski definition) is 4. The predicted octanol–water partition coefficient (Wildman–Crippen LogP) is 4.44. The molecule has 2 aromatic carbocycles. The zero-order valence-electron chi connectivity index (χ0n) is 15.9. The summed E-state index contributed by atoms with van der Waals surface area (Å²) in [5.41, 5.74) is 3.29. The van der Waals surface area contributed by atoms with E-state index in [1.54, 1.807) is 7.11 Å². The van der Waals surface area contributed by atoms with Crippen LogP contribution in [0.4, 0.5) is 5.69 Å². The highest BCUT2D eigenvalue weighted by Crippen LogP contribution is 2.14. The number of aliphatic imine (C=N–C) groups is 1. The Kier molecular flexibility index (Phi) is 9.04. The van der Waals surface area contributed by atoms with Crippen LogP contribution >= 0.6 is 0 Å². The third-order valence-corrected chi connectivity index (χ3v) is 3.91. The predicted molar refractivity (Wildman–Crippen MR) is 107 cm³/mol. The minimum absolute atomic E-state index is 0.0732. The number of nitrogens with zero attached hydrogens (tertiary/aromatic N) is 1. The first-order chi connectivity index (χ1) is 12.7. The molecule has 0 aliphatic heterocycles. The molecule has 2 atom stereocenters. The van der Waals surface area contributed by atoms with Gasteiger partial charge in [-0.1, -0.05) is 42.5 Å². The van der Waals surface area contributed by atoms with Gasteiger partial charge in [-0.2, -0.15) is 0 Å². The molecule has 0 saturated heterocycles. The van der Waals surface area contributed by atoms with Gasteiger partial charge in [-0.15, -0.1) is 0 Å². The Morgan fingerprint density at radius 2 is 1.58 bits per heavy atom. The van der Waals surface area contributed by atoms with E-state index in [4.69, 9.17) is 14.2 Å². The minimum Gasteiger partial charge on any atom is -0.382 e. The van der Waals surface area contributed by atoms with Gasteiger partial charge in [0.2, 0.25) is 0 Å². The molecule has 4 heteroatoms. The second-order valence-electron chi connectivity index (χ2n) is 6.37. The molecule has 0 aliphatic carbocycles. The number of methoxy groups -OCH3 is 1. The average Bonchev–Trinajstić information content (AvgIpc) is 2.67. The summed E-state index contributed by atoms with van der Waals surface area (Å²) < 4.78 is 16.5. The van der Waals surface area contributed by atoms with Crippen LogP contribution in [0.1, 0.15) is 25.0 Å². The van der Waals surface area contributed by atoms with Gasteiger partial charge in [0, 0.05) is 13.3 Å². The zero-order valence-corrected chi connectivity index (χ0v) is 15.9. The van der Waals surface area contributed by atoms with E-state index in [-0.39, 0.29) is 12.2 Å². The standard InChI is InChI=1S/C22H29NO3/c1-18(16-24-3)26-17-19(2)25-14-13-20-9-11-22(12-10-20)23-15-21-7-5-4-6-8-21/h4-12,15,18-19H,13-14,16-17H2,1-3H3. The van der Waals surface area contributed by atoms with Gasteiger partial charge in [-0.05, 0) is 43.5 Å².